The lowest BCUT2D eigenvalue weighted by Crippen LogP contribution is -2.49. The Hall–Kier alpha value is -1.84. The van der Waals surface area contributed by atoms with E-state index in [-0.39, 0.29) is 23.3 Å². The van der Waals surface area contributed by atoms with Gasteiger partial charge in [0.15, 0.2) is 0 Å². The van der Waals surface area contributed by atoms with E-state index in [1.165, 1.54) is 11.1 Å². The predicted molar refractivity (Wildman–Crippen MR) is 84.3 cm³/mol. The van der Waals surface area contributed by atoms with Crippen molar-refractivity contribution in [3.63, 3.8) is 0 Å². The molecule has 4 heteroatoms. The van der Waals surface area contributed by atoms with Crippen molar-refractivity contribution >= 4 is 12.1 Å². The number of hydrogen-bond acceptors (Lipinski definition) is 3. The molecule has 22 heavy (non-hydrogen) atoms. The van der Waals surface area contributed by atoms with Gasteiger partial charge in [-0.2, -0.15) is 0 Å². The first-order valence-electron chi connectivity index (χ1n) is 8.10. The average Bonchev–Trinajstić information content (AvgIpc) is 2.94. The second-order valence-electron chi connectivity index (χ2n) is 6.98. The molecule has 4 atom stereocenters. The summed E-state index contributed by atoms with van der Waals surface area (Å²) >= 11 is 0. The topological polar surface area (TPSA) is 53.4 Å². The minimum absolute atomic E-state index is 0.182. The smallest absolute Gasteiger partial charge is 0.223 e. The van der Waals surface area contributed by atoms with Gasteiger partial charge in [-0.1, -0.05) is 13.0 Å². The van der Waals surface area contributed by atoms with Crippen LogP contribution in [0.4, 0.5) is 0 Å². The minimum Gasteiger partial charge on any atom is -0.497 e. The van der Waals surface area contributed by atoms with Crippen molar-refractivity contribution in [1.29, 1.82) is 5.41 Å². The largest absolute Gasteiger partial charge is 0.497 e. The first kappa shape index (κ1) is 13.8. The van der Waals surface area contributed by atoms with Gasteiger partial charge >= 0.3 is 0 Å². The lowest BCUT2D eigenvalue weighted by Gasteiger charge is -2.44. The number of nitrogens with zero attached hydrogens (tertiary/aromatic N) is 1. The van der Waals surface area contributed by atoms with Gasteiger partial charge in [0.05, 0.1) is 12.6 Å². The van der Waals surface area contributed by atoms with Crippen molar-refractivity contribution in [2.75, 3.05) is 13.7 Å². The van der Waals surface area contributed by atoms with Gasteiger partial charge in [-0.3, -0.25) is 4.79 Å². The standard InChI is InChI=1S/C18H22N2O2/c1-11-9-18-15-4-3-13(22-2)7-12(15)5-6-20(18)17(21)8-16(18)14(11)10-19/h3-4,7,10-11,14,16,19H,5-6,8-9H2,1-2H3. The summed E-state index contributed by atoms with van der Waals surface area (Å²) in [5, 5.41) is 7.82. The van der Waals surface area contributed by atoms with Gasteiger partial charge in [0, 0.05) is 24.8 Å². The Balaban J connectivity index is 1.90. The number of amides is 1. The predicted octanol–water partition coefficient (Wildman–Crippen LogP) is 2.60. The number of carbonyl (C=O) groups excluding carboxylic acids is 1. The Labute approximate surface area is 131 Å². The maximum absolute atomic E-state index is 12.5. The number of benzene rings is 1. The summed E-state index contributed by atoms with van der Waals surface area (Å²) in [5.41, 5.74) is 2.43. The van der Waals surface area contributed by atoms with Crippen LogP contribution in [0.15, 0.2) is 18.2 Å². The second kappa shape index (κ2) is 4.58. The van der Waals surface area contributed by atoms with Crippen LogP contribution in [0.2, 0.25) is 0 Å². The molecule has 1 aliphatic carbocycles. The van der Waals surface area contributed by atoms with Crippen LogP contribution in [-0.4, -0.2) is 30.7 Å². The average molecular weight is 298 g/mol. The Kier molecular flexibility index (Phi) is 2.87. The molecule has 1 N–H and O–H groups in total. The Morgan fingerprint density at radius 3 is 3.00 bits per heavy atom. The van der Waals surface area contributed by atoms with Gasteiger partial charge < -0.3 is 15.0 Å². The van der Waals surface area contributed by atoms with E-state index < -0.39 is 0 Å². The third kappa shape index (κ3) is 1.53. The zero-order valence-electron chi connectivity index (χ0n) is 13.1. The summed E-state index contributed by atoms with van der Waals surface area (Å²) in [4.78, 5) is 14.7. The molecule has 2 fully saturated rings. The molecule has 1 aromatic carbocycles. The molecule has 1 spiro atoms. The van der Waals surface area contributed by atoms with E-state index >= 15 is 0 Å². The number of ether oxygens (including phenoxy) is 1. The molecule has 1 amide bonds. The van der Waals surface area contributed by atoms with E-state index in [1.54, 1.807) is 13.3 Å². The summed E-state index contributed by atoms with van der Waals surface area (Å²) in [5.74, 6) is 2.07. The van der Waals surface area contributed by atoms with Crippen LogP contribution in [0, 0.1) is 23.2 Å². The minimum atomic E-state index is -0.182. The van der Waals surface area contributed by atoms with E-state index in [9.17, 15) is 4.79 Å². The van der Waals surface area contributed by atoms with Crippen molar-refractivity contribution in [2.24, 2.45) is 17.8 Å². The van der Waals surface area contributed by atoms with Crippen molar-refractivity contribution in [3.05, 3.63) is 29.3 Å². The molecule has 0 aromatic heterocycles. The van der Waals surface area contributed by atoms with Crippen LogP contribution in [0.3, 0.4) is 0 Å². The van der Waals surface area contributed by atoms with Gasteiger partial charge in [-0.25, -0.2) is 0 Å². The molecular weight excluding hydrogens is 276 g/mol. The van der Waals surface area contributed by atoms with Crippen LogP contribution in [-0.2, 0) is 16.8 Å². The summed E-state index contributed by atoms with van der Waals surface area (Å²) in [6.45, 7) is 3.02. The number of carbonyl (C=O) groups is 1. The number of hydrogen-bond donors (Lipinski definition) is 1. The zero-order valence-corrected chi connectivity index (χ0v) is 13.1. The molecule has 4 rings (SSSR count). The van der Waals surface area contributed by atoms with Crippen molar-refractivity contribution in [1.82, 2.24) is 4.90 Å². The van der Waals surface area contributed by atoms with E-state index in [2.05, 4.69) is 24.0 Å². The highest BCUT2D eigenvalue weighted by Crippen LogP contribution is 2.60. The molecule has 1 saturated heterocycles. The van der Waals surface area contributed by atoms with Crippen LogP contribution < -0.4 is 4.74 Å². The number of fused-ring (bicyclic) bond motifs is 1. The number of nitrogens with one attached hydrogen (secondary N) is 1. The molecule has 1 saturated carbocycles. The maximum atomic E-state index is 12.5. The van der Waals surface area contributed by atoms with Crippen LogP contribution in [0.1, 0.15) is 30.9 Å². The number of methoxy groups -OCH3 is 1. The molecule has 4 unspecified atom stereocenters. The van der Waals surface area contributed by atoms with Crippen molar-refractivity contribution in [2.45, 2.75) is 31.7 Å². The fourth-order valence-electron chi connectivity index (χ4n) is 5.25. The molecule has 2 aliphatic heterocycles. The van der Waals surface area contributed by atoms with Gasteiger partial charge in [-0.05, 0) is 48.2 Å². The normalized spacial score (nSPS) is 35.8. The van der Waals surface area contributed by atoms with E-state index in [4.69, 9.17) is 10.1 Å². The monoisotopic (exact) mass is 298 g/mol. The van der Waals surface area contributed by atoms with Gasteiger partial charge in [0.1, 0.15) is 5.75 Å². The fraction of sp³-hybridized carbons (Fsp3) is 0.556. The molecule has 4 nitrogen and oxygen atoms in total. The summed E-state index contributed by atoms with van der Waals surface area (Å²) < 4.78 is 5.37. The third-order valence-corrected chi connectivity index (χ3v) is 6.12. The van der Waals surface area contributed by atoms with Crippen molar-refractivity contribution in [3.8, 4) is 5.75 Å². The van der Waals surface area contributed by atoms with Gasteiger partial charge in [0.2, 0.25) is 5.91 Å². The highest BCUT2D eigenvalue weighted by atomic mass is 16.5. The van der Waals surface area contributed by atoms with Crippen molar-refractivity contribution < 1.29 is 9.53 Å². The maximum Gasteiger partial charge on any atom is 0.223 e. The summed E-state index contributed by atoms with van der Waals surface area (Å²) in [6, 6.07) is 6.30. The molecule has 3 aliphatic rings. The highest BCUT2D eigenvalue weighted by Gasteiger charge is 2.62. The molecule has 0 bridgehead atoms. The molecular formula is C18H22N2O2. The molecule has 2 heterocycles. The number of rotatable bonds is 2. The summed E-state index contributed by atoms with van der Waals surface area (Å²) in [6.07, 6.45) is 4.05. The summed E-state index contributed by atoms with van der Waals surface area (Å²) in [7, 11) is 1.69. The Morgan fingerprint density at radius 1 is 1.45 bits per heavy atom. The van der Waals surface area contributed by atoms with Crippen LogP contribution >= 0.6 is 0 Å². The van der Waals surface area contributed by atoms with E-state index in [1.807, 2.05) is 6.07 Å². The SMILES string of the molecule is COc1ccc2c(c1)CCN1C(=O)CC3C(C=N)C(C)CC231. The van der Waals surface area contributed by atoms with Gasteiger partial charge in [-0.15, -0.1) is 0 Å². The first-order valence-corrected chi connectivity index (χ1v) is 8.10. The molecule has 116 valence electrons. The molecule has 0 radical (unpaired) electrons. The van der Waals surface area contributed by atoms with Crippen LogP contribution in [0.25, 0.3) is 0 Å². The zero-order chi connectivity index (χ0) is 15.5. The Bertz CT molecular complexity index is 656. The van der Waals surface area contributed by atoms with Crippen LogP contribution in [0.5, 0.6) is 5.75 Å². The highest BCUT2D eigenvalue weighted by molar-refractivity contribution is 5.83. The quantitative estimate of drug-likeness (QED) is 0.853. The van der Waals surface area contributed by atoms with E-state index in [0.717, 1.165) is 25.1 Å². The van der Waals surface area contributed by atoms with Gasteiger partial charge in [0.25, 0.3) is 0 Å². The lowest BCUT2D eigenvalue weighted by molar-refractivity contribution is -0.132. The Morgan fingerprint density at radius 2 is 2.27 bits per heavy atom. The van der Waals surface area contributed by atoms with E-state index in [0.29, 0.717) is 12.3 Å². The fourth-order valence-corrected chi connectivity index (χ4v) is 5.25. The first-order chi connectivity index (χ1) is 10.6. The lowest BCUT2D eigenvalue weighted by atomic mass is 9.74. The molecule has 1 aromatic rings. The third-order valence-electron chi connectivity index (χ3n) is 6.12. The second-order valence-corrected chi connectivity index (χ2v) is 6.98.